The Morgan fingerprint density at radius 1 is 1.38 bits per heavy atom. The summed E-state index contributed by atoms with van der Waals surface area (Å²) < 4.78 is 30.8. The quantitative estimate of drug-likeness (QED) is 0.782. The van der Waals surface area contributed by atoms with Gasteiger partial charge in [0.15, 0.2) is 5.58 Å². The van der Waals surface area contributed by atoms with Crippen LogP contribution in [0.5, 0.6) is 0 Å². The maximum atomic E-state index is 12.1. The first kappa shape index (κ1) is 16.0. The number of fused-ring (bicyclic) bond motifs is 1. The second-order valence-corrected chi connectivity index (χ2v) is 8.21. The van der Waals surface area contributed by atoms with Gasteiger partial charge in [-0.25, -0.2) is 17.7 Å². The Morgan fingerprint density at radius 2 is 2.05 bits per heavy atom. The summed E-state index contributed by atoms with van der Waals surface area (Å²) in [6, 6.07) is 4.52. The molecule has 1 heterocycles. The van der Waals surface area contributed by atoms with Crippen molar-refractivity contribution in [2.75, 3.05) is 14.1 Å². The highest BCUT2D eigenvalue weighted by Crippen LogP contribution is 2.28. The van der Waals surface area contributed by atoms with Crippen LogP contribution in [0.25, 0.3) is 11.1 Å². The van der Waals surface area contributed by atoms with Gasteiger partial charge in [-0.15, -0.1) is 0 Å². The van der Waals surface area contributed by atoms with Gasteiger partial charge in [-0.3, -0.25) is 4.79 Å². The number of carbonyl (C=O) groups is 1. The zero-order chi connectivity index (χ0) is 15.8. The van der Waals surface area contributed by atoms with Gasteiger partial charge in [0.2, 0.25) is 10.0 Å². The molecular weight excluding hydrogens is 312 g/mol. The van der Waals surface area contributed by atoms with E-state index in [1.165, 1.54) is 44.9 Å². The number of rotatable bonds is 5. The number of ketones is 1. The van der Waals surface area contributed by atoms with Gasteiger partial charge in [-0.05, 0) is 32.0 Å². The van der Waals surface area contributed by atoms with Gasteiger partial charge in [-0.1, -0.05) is 11.8 Å². The average Bonchev–Trinajstić information content (AvgIpc) is 2.79. The molecule has 0 saturated carbocycles. The Balaban J connectivity index is 2.39. The molecule has 0 unspecified atom stereocenters. The molecule has 0 aliphatic rings. The summed E-state index contributed by atoms with van der Waals surface area (Å²) in [6.45, 7) is 3.27. The number of hydrogen-bond acceptors (Lipinski definition) is 6. The van der Waals surface area contributed by atoms with Gasteiger partial charge in [0.05, 0.1) is 10.1 Å². The Kier molecular flexibility index (Phi) is 4.40. The van der Waals surface area contributed by atoms with Crippen molar-refractivity contribution in [3.63, 3.8) is 0 Å². The molecule has 2 rings (SSSR count). The van der Waals surface area contributed by atoms with Gasteiger partial charge < -0.3 is 4.42 Å². The summed E-state index contributed by atoms with van der Waals surface area (Å²) in [7, 11) is -0.564. The summed E-state index contributed by atoms with van der Waals surface area (Å²) in [5, 5.41) is 0.0927. The highest BCUT2D eigenvalue weighted by atomic mass is 32.2. The molecule has 0 radical (unpaired) electrons. The third-order valence-electron chi connectivity index (χ3n) is 2.97. The lowest BCUT2D eigenvalue weighted by atomic mass is 10.3. The predicted molar refractivity (Wildman–Crippen MR) is 80.9 cm³/mol. The number of carbonyl (C=O) groups excluding carboxylic acids is 1. The Bertz CT molecular complexity index is 781. The summed E-state index contributed by atoms with van der Waals surface area (Å²) in [4.78, 5) is 15.6. The summed E-state index contributed by atoms with van der Waals surface area (Å²) in [6.07, 6.45) is 0. The van der Waals surface area contributed by atoms with Crippen LogP contribution in [-0.2, 0) is 14.8 Å². The third kappa shape index (κ3) is 3.28. The standard InChI is InChI=1S/C13H16N2O4S2/c1-8(16)9(2)20-13-14-11-7-10(5-6-12(11)19-13)21(17,18)15(3)4/h5-7,9H,1-4H3/t9-/m1/s1. The molecule has 0 N–H and O–H groups in total. The smallest absolute Gasteiger partial charge is 0.257 e. The molecule has 0 fully saturated rings. The van der Waals surface area contributed by atoms with Crippen molar-refractivity contribution in [3.05, 3.63) is 18.2 Å². The van der Waals surface area contributed by atoms with Crippen LogP contribution in [0.15, 0.2) is 32.7 Å². The molecule has 0 amide bonds. The third-order valence-corrected chi connectivity index (χ3v) is 5.84. The summed E-state index contributed by atoms with van der Waals surface area (Å²) >= 11 is 1.21. The van der Waals surface area contributed by atoms with Crippen LogP contribution in [0, 0.1) is 0 Å². The second kappa shape index (κ2) is 5.78. The number of aromatic nitrogens is 1. The van der Waals surface area contributed by atoms with E-state index in [0.29, 0.717) is 16.3 Å². The molecule has 1 atom stereocenters. The van der Waals surface area contributed by atoms with Crippen LogP contribution in [0.2, 0.25) is 0 Å². The Morgan fingerprint density at radius 3 is 2.62 bits per heavy atom. The first-order valence-electron chi connectivity index (χ1n) is 6.22. The maximum absolute atomic E-state index is 12.1. The van der Waals surface area contributed by atoms with Crippen molar-refractivity contribution in [3.8, 4) is 0 Å². The minimum absolute atomic E-state index is 0.0260. The van der Waals surface area contributed by atoms with Gasteiger partial charge in [0.25, 0.3) is 5.22 Å². The highest BCUT2D eigenvalue weighted by molar-refractivity contribution is 8.00. The lowest BCUT2D eigenvalue weighted by molar-refractivity contribution is -0.116. The number of nitrogens with zero attached hydrogens (tertiary/aromatic N) is 2. The molecule has 0 aliphatic carbocycles. The molecule has 8 heteroatoms. The molecule has 0 spiro atoms. The van der Waals surface area contributed by atoms with E-state index >= 15 is 0 Å². The lowest BCUT2D eigenvalue weighted by Crippen LogP contribution is -2.22. The Labute approximate surface area is 127 Å². The van der Waals surface area contributed by atoms with E-state index in [1.54, 1.807) is 13.0 Å². The normalized spacial score (nSPS) is 13.8. The predicted octanol–water partition coefficient (Wildman–Crippen LogP) is 2.15. The second-order valence-electron chi connectivity index (χ2n) is 4.77. The average molecular weight is 328 g/mol. The molecule has 1 aromatic heterocycles. The molecule has 0 aliphatic heterocycles. The fourth-order valence-corrected chi connectivity index (χ4v) is 3.22. The van der Waals surface area contributed by atoms with E-state index in [4.69, 9.17) is 4.42 Å². The topological polar surface area (TPSA) is 80.5 Å². The number of benzene rings is 1. The van der Waals surface area contributed by atoms with E-state index in [0.717, 1.165) is 4.31 Å². The van der Waals surface area contributed by atoms with E-state index in [1.807, 2.05) is 0 Å². The number of thioether (sulfide) groups is 1. The molecule has 0 bridgehead atoms. The van der Waals surface area contributed by atoms with Gasteiger partial charge in [0, 0.05) is 14.1 Å². The monoisotopic (exact) mass is 328 g/mol. The molecule has 1 aromatic carbocycles. The molecule has 114 valence electrons. The SMILES string of the molecule is CC(=O)[C@@H](C)Sc1nc2cc(S(=O)(=O)N(C)C)ccc2o1. The van der Waals surface area contributed by atoms with Crippen molar-refractivity contribution in [1.29, 1.82) is 0 Å². The molecule has 21 heavy (non-hydrogen) atoms. The van der Waals surface area contributed by atoms with Gasteiger partial charge in [-0.2, -0.15) is 0 Å². The van der Waals surface area contributed by atoms with Crippen LogP contribution in [-0.4, -0.2) is 42.8 Å². The fourth-order valence-electron chi connectivity index (χ4n) is 1.54. The van der Waals surface area contributed by atoms with E-state index in [2.05, 4.69) is 4.98 Å². The van der Waals surface area contributed by atoms with Crippen molar-refractivity contribution < 1.29 is 17.6 Å². The van der Waals surface area contributed by atoms with Crippen LogP contribution in [0.1, 0.15) is 13.8 Å². The van der Waals surface area contributed by atoms with E-state index < -0.39 is 10.0 Å². The first-order chi connectivity index (χ1) is 9.71. The fraction of sp³-hybridized carbons (Fsp3) is 0.385. The zero-order valence-corrected chi connectivity index (χ0v) is 13.8. The van der Waals surface area contributed by atoms with Crippen LogP contribution in [0.4, 0.5) is 0 Å². The van der Waals surface area contributed by atoms with Crippen LogP contribution < -0.4 is 0 Å². The molecule has 2 aromatic rings. The van der Waals surface area contributed by atoms with Gasteiger partial charge in [0.1, 0.15) is 11.3 Å². The van der Waals surface area contributed by atoms with Crippen molar-refractivity contribution in [1.82, 2.24) is 9.29 Å². The van der Waals surface area contributed by atoms with Crippen LogP contribution in [0.3, 0.4) is 0 Å². The summed E-state index contributed by atoms with van der Waals surface area (Å²) in [5.74, 6) is 0.0260. The summed E-state index contributed by atoms with van der Waals surface area (Å²) in [5.41, 5.74) is 0.946. The van der Waals surface area contributed by atoms with Crippen LogP contribution >= 0.6 is 11.8 Å². The zero-order valence-electron chi connectivity index (χ0n) is 12.2. The Hall–Kier alpha value is -1.38. The molecular formula is C13H16N2O4S2. The van der Waals surface area contributed by atoms with Crippen molar-refractivity contribution in [2.45, 2.75) is 29.2 Å². The number of oxazole rings is 1. The van der Waals surface area contributed by atoms with Crippen molar-refractivity contribution >= 4 is 38.7 Å². The number of sulfonamides is 1. The number of Topliss-reactive ketones (excluding diaryl/α,β-unsaturated/α-hetero) is 1. The first-order valence-corrected chi connectivity index (χ1v) is 8.54. The minimum atomic E-state index is -3.50. The maximum Gasteiger partial charge on any atom is 0.257 e. The number of hydrogen-bond donors (Lipinski definition) is 0. The molecule has 6 nitrogen and oxygen atoms in total. The van der Waals surface area contributed by atoms with Gasteiger partial charge >= 0.3 is 0 Å². The van der Waals surface area contributed by atoms with E-state index in [9.17, 15) is 13.2 Å². The minimum Gasteiger partial charge on any atom is -0.431 e. The van der Waals surface area contributed by atoms with Crippen molar-refractivity contribution in [2.24, 2.45) is 0 Å². The van der Waals surface area contributed by atoms with E-state index in [-0.39, 0.29) is 15.9 Å². The largest absolute Gasteiger partial charge is 0.431 e. The highest BCUT2D eigenvalue weighted by Gasteiger charge is 2.20. The molecule has 0 saturated heterocycles. The lowest BCUT2D eigenvalue weighted by Gasteiger charge is -2.10.